The van der Waals surface area contributed by atoms with Crippen molar-refractivity contribution in [2.24, 2.45) is 0 Å². The molecule has 1 rings (SSSR count). The maximum Gasteiger partial charge on any atom is 0.263 e. The van der Waals surface area contributed by atoms with Crippen LogP contribution in [0.4, 0.5) is 5.82 Å². The Balaban J connectivity index is 2.69. The fourth-order valence-corrected chi connectivity index (χ4v) is 1.25. The molecule has 0 aliphatic carbocycles. The summed E-state index contributed by atoms with van der Waals surface area (Å²) < 4.78 is 0. The zero-order chi connectivity index (χ0) is 14.3. The highest BCUT2D eigenvalue weighted by Crippen LogP contribution is 2.05. The normalized spacial score (nSPS) is 12.4. The Morgan fingerprint density at radius 1 is 1.58 bits per heavy atom. The van der Waals surface area contributed by atoms with Crippen LogP contribution in [0, 0.1) is 18.3 Å². The smallest absolute Gasteiger partial charge is 0.263 e. The lowest BCUT2D eigenvalue weighted by atomic mass is 10.2. The van der Waals surface area contributed by atoms with Gasteiger partial charge in [0, 0.05) is 18.4 Å². The Bertz CT molecular complexity index is 499. The second-order valence-corrected chi connectivity index (χ2v) is 4.32. The summed E-state index contributed by atoms with van der Waals surface area (Å²) in [7, 11) is 0. The van der Waals surface area contributed by atoms with E-state index in [1.807, 2.05) is 32.9 Å². The van der Waals surface area contributed by atoms with Gasteiger partial charge in [0.05, 0.1) is 0 Å². The number of pyridine rings is 1. The van der Waals surface area contributed by atoms with Gasteiger partial charge < -0.3 is 10.6 Å². The van der Waals surface area contributed by atoms with E-state index in [4.69, 9.17) is 5.26 Å². The van der Waals surface area contributed by atoms with Crippen molar-refractivity contribution in [2.75, 3.05) is 5.32 Å². The predicted molar refractivity (Wildman–Crippen MR) is 74.2 cm³/mol. The van der Waals surface area contributed by atoms with Crippen LogP contribution >= 0.6 is 0 Å². The van der Waals surface area contributed by atoms with Gasteiger partial charge in [0.1, 0.15) is 17.5 Å². The Morgan fingerprint density at radius 3 is 2.84 bits per heavy atom. The first-order valence-corrected chi connectivity index (χ1v) is 6.17. The molecular formula is C14H18N4O. The number of nitrogens with zero attached hydrogens (tertiary/aromatic N) is 2. The first kappa shape index (κ1) is 14.7. The minimum Gasteiger partial charge on any atom is -0.349 e. The molecule has 1 aromatic heterocycles. The number of anilines is 1. The molecule has 0 saturated carbocycles. The van der Waals surface area contributed by atoms with Crippen molar-refractivity contribution in [1.82, 2.24) is 10.3 Å². The minimum absolute atomic E-state index is 0.0303. The molecule has 0 radical (unpaired) electrons. The summed E-state index contributed by atoms with van der Waals surface area (Å²) in [6.45, 7) is 5.80. The molecule has 1 heterocycles. The van der Waals surface area contributed by atoms with Crippen molar-refractivity contribution < 1.29 is 4.79 Å². The molecule has 100 valence electrons. The summed E-state index contributed by atoms with van der Waals surface area (Å²) in [5.41, 5.74) is 1.08. The van der Waals surface area contributed by atoms with Crippen LogP contribution in [0.5, 0.6) is 0 Å². The van der Waals surface area contributed by atoms with E-state index in [0.29, 0.717) is 5.82 Å². The molecule has 0 aliphatic heterocycles. The highest BCUT2D eigenvalue weighted by Gasteiger charge is 2.10. The van der Waals surface area contributed by atoms with E-state index < -0.39 is 0 Å². The fourth-order valence-electron chi connectivity index (χ4n) is 1.25. The van der Waals surface area contributed by atoms with Crippen molar-refractivity contribution >= 4 is 11.7 Å². The molecule has 1 amide bonds. The van der Waals surface area contributed by atoms with Crippen molar-refractivity contribution in [3.05, 3.63) is 35.7 Å². The summed E-state index contributed by atoms with van der Waals surface area (Å²) in [5.74, 6) is 0.214. The second kappa shape index (κ2) is 7.17. The maximum atomic E-state index is 11.8. The first-order chi connectivity index (χ1) is 9.06. The number of carbonyl (C=O) groups is 1. The van der Waals surface area contributed by atoms with Crippen molar-refractivity contribution in [2.45, 2.75) is 33.2 Å². The van der Waals surface area contributed by atoms with Gasteiger partial charge in [-0.05, 0) is 31.9 Å². The lowest BCUT2D eigenvalue weighted by molar-refractivity contribution is -0.117. The number of carbonyl (C=O) groups excluding carboxylic acids is 1. The van der Waals surface area contributed by atoms with Gasteiger partial charge in [0.25, 0.3) is 5.91 Å². The topological polar surface area (TPSA) is 77.8 Å². The number of amides is 1. The minimum atomic E-state index is -0.378. The predicted octanol–water partition coefficient (Wildman–Crippen LogP) is 2.12. The zero-order valence-electron chi connectivity index (χ0n) is 11.4. The van der Waals surface area contributed by atoms with Gasteiger partial charge in [-0.3, -0.25) is 4.79 Å². The molecule has 0 bridgehead atoms. The van der Waals surface area contributed by atoms with E-state index in [1.165, 1.54) is 6.20 Å². The van der Waals surface area contributed by atoms with Gasteiger partial charge in [0.15, 0.2) is 0 Å². The molecule has 5 heteroatoms. The Labute approximate surface area is 113 Å². The average Bonchev–Trinajstić information content (AvgIpc) is 2.41. The molecule has 0 aromatic carbocycles. The zero-order valence-corrected chi connectivity index (χ0v) is 11.4. The van der Waals surface area contributed by atoms with E-state index in [9.17, 15) is 4.79 Å². The first-order valence-electron chi connectivity index (χ1n) is 6.17. The number of hydrogen-bond donors (Lipinski definition) is 2. The lowest BCUT2D eigenvalue weighted by Crippen LogP contribution is -2.33. The number of nitriles is 1. The van der Waals surface area contributed by atoms with Crippen LogP contribution in [-0.2, 0) is 4.79 Å². The molecule has 0 spiro atoms. The summed E-state index contributed by atoms with van der Waals surface area (Å²) in [4.78, 5) is 15.9. The number of aromatic nitrogens is 1. The molecule has 1 atom stereocenters. The van der Waals surface area contributed by atoms with Gasteiger partial charge in [-0.1, -0.05) is 13.0 Å². The van der Waals surface area contributed by atoms with Crippen LogP contribution in [0.3, 0.4) is 0 Å². The molecule has 0 aliphatic rings. The second-order valence-electron chi connectivity index (χ2n) is 4.32. The third-order valence-electron chi connectivity index (χ3n) is 2.63. The van der Waals surface area contributed by atoms with Crippen LogP contribution in [0.1, 0.15) is 25.8 Å². The summed E-state index contributed by atoms with van der Waals surface area (Å²) in [6, 6.07) is 5.60. The largest absolute Gasteiger partial charge is 0.349 e. The molecule has 1 unspecified atom stereocenters. The number of nitrogens with one attached hydrogen (secondary N) is 2. The molecule has 0 fully saturated rings. The molecule has 1 aromatic rings. The summed E-state index contributed by atoms with van der Waals surface area (Å²) >= 11 is 0. The molecule has 19 heavy (non-hydrogen) atoms. The van der Waals surface area contributed by atoms with Gasteiger partial charge >= 0.3 is 0 Å². The van der Waals surface area contributed by atoms with Gasteiger partial charge in [0.2, 0.25) is 0 Å². The Hall–Kier alpha value is -2.35. The Kier molecular flexibility index (Phi) is 5.55. The molecular weight excluding hydrogens is 240 g/mol. The van der Waals surface area contributed by atoms with E-state index in [1.54, 1.807) is 12.3 Å². The number of hydrogen-bond acceptors (Lipinski definition) is 4. The molecule has 0 saturated heterocycles. The van der Waals surface area contributed by atoms with Crippen LogP contribution in [0.25, 0.3) is 0 Å². The van der Waals surface area contributed by atoms with Crippen LogP contribution in [0.15, 0.2) is 30.1 Å². The van der Waals surface area contributed by atoms with E-state index >= 15 is 0 Å². The van der Waals surface area contributed by atoms with E-state index in [0.717, 1.165) is 12.0 Å². The van der Waals surface area contributed by atoms with E-state index in [2.05, 4.69) is 15.6 Å². The highest BCUT2D eigenvalue weighted by molar-refractivity contribution is 5.97. The third kappa shape index (κ3) is 4.80. The third-order valence-corrected chi connectivity index (χ3v) is 2.63. The fraction of sp³-hybridized carbons (Fsp3) is 0.357. The van der Waals surface area contributed by atoms with Crippen molar-refractivity contribution in [1.29, 1.82) is 5.26 Å². The van der Waals surface area contributed by atoms with Crippen LogP contribution < -0.4 is 10.6 Å². The summed E-state index contributed by atoms with van der Waals surface area (Å²) in [6.07, 6.45) is 3.90. The van der Waals surface area contributed by atoms with Gasteiger partial charge in [-0.15, -0.1) is 0 Å². The lowest BCUT2D eigenvalue weighted by Gasteiger charge is -2.10. The van der Waals surface area contributed by atoms with Gasteiger partial charge in [-0.25, -0.2) is 4.98 Å². The van der Waals surface area contributed by atoms with Crippen molar-refractivity contribution in [3.8, 4) is 6.07 Å². The standard InChI is InChI=1S/C14H18N4O/c1-4-11(3)18-14(19)12(7-15)9-17-13-6-5-10(2)8-16-13/h5-6,8-9,11H,4H2,1-3H3,(H,16,17)(H,18,19)/b12-9-. The van der Waals surface area contributed by atoms with Crippen molar-refractivity contribution in [3.63, 3.8) is 0 Å². The highest BCUT2D eigenvalue weighted by atomic mass is 16.1. The average molecular weight is 258 g/mol. The Morgan fingerprint density at radius 2 is 2.32 bits per heavy atom. The number of rotatable bonds is 5. The summed E-state index contributed by atoms with van der Waals surface area (Å²) in [5, 5.41) is 14.5. The quantitative estimate of drug-likeness (QED) is 0.626. The van der Waals surface area contributed by atoms with Crippen LogP contribution in [-0.4, -0.2) is 16.9 Å². The van der Waals surface area contributed by atoms with Crippen LogP contribution in [0.2, 0.25) is 0 Å². The maximum absolute atomic E-state index is 11.8. The molecule has 2 N–H and O–H groups in total. The number of aryl methyl sites for hydroxylation is 1. The van der Waals surface area contributed by atoms with E-state index in [-0.39, 0.29) is 17.5 Å². The monoisotopic (exact) mass is 258 g/mol. The van der Waals surface area contributed by atoms with Gasteiger partial charge in [-0.2, -0.15) is 5.26 Å². The SMILES string of the molecule is CCC(C)NC(=O)/C(C#N)=C\Nc1ccc(C)cn1. The molecule has 5 nitrogen and oxygen atoms in total.